The minimum absolute atomic E-state index is 0.0654. The van der Waals surface area contributed by atoms with Crippen LogP contribution >= 0.6 is 11.8 Å². The van der Waals surface area contributed by atoms with E-state index in [0.717, 1.165) is 16.8 Å². The topological polar surface area (TPSA) is 65.8 Å². The molecule has 2 atom stereocenters. The first kappa shape index (κ1) is 18.0. The lowest BCUT2D eigenvalue weighted by Crippen LogP contribution is -2.33. The predicted molar refractivity (Wildman–Crippen MR) is 96.7 cm³/mol. The van der Waals surface area contributed by atoms with Crippen LogP contribution in [0.2, 0.25) is 0 Å². The van der Waals surface area contributed by atoms with Crippen LogP contribution in [0.1, 0.15) is 42.3 Å². The molecule has 1 heterocycles. The number of nitriles is 1. The quantitative estimate of drug-likeness (QED) is 0.838. The number of nitrogens with zero attached hydrogens (tertiary/aromatic N) is 2. The van der Waals surface area contributed by atoms with Crippen molar-refractivity contribution in [3.8, 4) is 6.07 Å². The van der Waals surface area contributed by atoms with Gasteiger partial charge in [-0.3, -0.25) is 4.79 Å². The summed E-state index contributed by atoms with van der Waals surface area (Å²) in [5.41, 5.74) is 3.34. The Morgan fingerprint density at radius 3 is 2.54 bits per heavy atom. The third kappa shape index (κ3) is 4.36. The van der Waals surface area contributed by atoms with E-state index < -0.39 is 0 Å². The maximum absolute atomic E-state index is 12.5. The van der Waals surface area contributed by atoms with Gasteiger partial charge in [-0.15, -0.1) is 0 Å². The summed E-state index contributed by atoms with van der Waals surface area (Å²) in [4.78, 5) is 16.9. The summed E-state index contributed by atoms with van der Waals surface area (Å²) in [6, 6.07) is 13.8. The zero-order chi connectivity index (χ0) is 17.7. The van der Waals surface area contributed by atoms with E-state index in [1.54, 1.807) is 0 Å². The normalized spacial score (nSPS) is 13.0. The van der Waals surface area contributed by atoms with E-state index in [-0.39, 0.29) is 17.2 Å². The van der Waals surface area contributed by atoms with E-state index in [9.17, 15) is 10.1 Å². The van der Waals surface area contributed by atoms with Crippen molar-refractivity contribution in [1.29, 1.82) is 5.26 Å². The Bertz CT molecular complexity index is 768. The van der Waals surface area contributed by atoms with Crippen LogP contribution in [0, 0.1) is 25.2 Å². The summed E-state index contributed by atoms with van der Waals surface area (Å²) in [7, 11) is 0. The van der Waals surface area contributed by atoms with Gasteiger partial charge in [-0.1, -0.05) is 42.1 Å². The summed E-state index contributed by atoms with van der Waals surface area (Å²) in [6.45, 7) is 7.57. The third-order valence-electron chi connectivity index (χ3n) is 3.74. The SMILES string of the molecule is Cc1cc(C)c(C#N)c(S[C@@H](C)C(=O)N[C@@H](C)c2ccccc2)n1. The Balaban J connectivity index is 2.09. The molecule has 0 aliphatic carbocycles. The number of carbonyl (C=O) groups excluding carboxylic acids is 1. The molecule has 2 aromatic rings. The molecule has 4 nitrogen and oxygen atoms in total. The van der Waals surface area contributed by atoms with E-state index in [1.165, 1.54) is 11.8 Å². The Morgan fingerprint density at radius 1 is 1.25 bits per heavy atom. The molecule has 2 rings (SSSR count). The van der Waals surface area contributed by atoms with E-state index in [1.807, 2.05) is 64.1 Å². The first-order valence-electron chi connectivity index (χ1n) is 7.82. The van der Waals surface area contributed by atoms with E-state index >= 15 is 0 Å². The average molecular weight is 339 g/mol. The van der Waals surface area contributed by atoms with Crippen LogP contribution in [0.4, 0.5) is 0 Å². The van der Waals surface area contributed by atoms with Gasteiger partial charge in [0.15, 0.2) is 0 Å². The van der Waals surface area contributed by atoms with Gasteiger partial charge in [0.1, 0.15) is 11.1 Å². The highest BCUT2D eigenvalue weighted by Crippen LogP contribution is 2.27. The molecular formula is C19H21N3OS. The number of hydrogen-bond donors (Lipinski definition) is 1. The lowest BCUT2D eigenvalue weighted by molar-refractivity contribution is -0.120. The van der Waals surface area contributed by atoms with Crippen LogP contribution in [-0.4, -0.2) is 16.1 Å². The summed E-state index contributed by atoms with van der Waals surface area (Å²) in [5, 5.41) is 12.6. The van der Waals surface area contributed by atoms with Gasteiger partial charge in [-0.2, -0.15) is 5.26 Å². The minimum Gasteiger partial charge on any atom is -0.349 e. The Hall–Kier alpha value is -2.32. The van der Waals surface area contributed by atoms with Crippen LogP contribution in [0.15, 0.2) is 41.4 Å². The predicted octanol–water partition coefficient (Wildman–Crippen LogP) is 3.93. The average Bonchev–Trinajstić information content (AvgIpc) is 2.55. The largest absolute Gasteiger partial charge is 0.349 e. The number of nitrogens with one attached hydrogen (secondary N) is 1. The van der Waals surface area contributed by atoms with Crippen LogP contribution in [-0.2, 0) is 4.79 Å². The maximum atomic E-state index is 12.5. The molecule has 0 saturated heterocycles. The van der Waals surface area contributed by atoms with Crippen molar-refractivity contribution in [2.75, 3.05) is 0 Å². The van der Waals surface area contributed by atoms with Gasteiger partial charge in [0.2, 0.25) is 5.91 Å². The third-order valence-corrected chi connectivity index (χ3v) is 4.83. The van der Waals surface area contributed by atoms with Gasteiger partial charge in [0, 0.05) is 5.69 Å². The number of hydrogen-bond acceptors (Lipinski definition) is 4. The molecule has 0 bridgehead atoms. The molecule has 1 N–H and O–H groups in total. The number of aryl methyl sites for hydroxylation is 2. The van der Waals surface area contributed by atoms with Gasteiger partial charge < -0.3 is 5.32 Å². The Kier molecular flexibility index (Phi) is 5.99. The van der Waals surface area contributed by atoms with E-state index in [0.29, 0.717) is 10.6 Å². The molecule has 0 spiro atoms. The molecule has 1 aromatic heterocycles. The fourth-order valence-electron chi connectivity index (χ4n) is 2.40. The molecular weight excluding hydrogens is 318 g/mol. The van der Waals surface area contributed by atoms with E-state index in [4.69, 9.17) is 0 Å². The highest BCUT2D eigenvalue weighted by molar-refractivity contribution is 8.00. The number of pyridine rings is 1. The van der Waals surface area contributed by atoms with Crippen LogP contribution in [0.5, 0.6) is 0 Å². The lowest BCUT2D eigenvalue weighted by Gasteiger charge is -2.18. The fraction of sp³-hybridized carbons (Fsp3) is 0.316. The highest BCUT2D eigenvalue weighted by atomic mass is 32.2. The molecule has 0 saturated carbocycles. The van der Waals surface area contributed by atoms with Gasteiger partial charge in [0.25, 0.3) is 0 Å². The van der Waals surface area contributed by atoms with Gasteiger partial charge in [0.05, 0.1) is 16.9 Å². The number of benzene rings is 1. The van der Waals surface area contributed by atoms with Crippen LogP contribution in [0.3, 0.4) is 0 Å². The molecule has 24 heavy (non-hydrogen) atoms. The molecule has 0 fully saturated rings. The Morgan fingerprint density at radius 2 is 1.92 bits per heavy atom. The second-order valence-electron chi connectivity index (χ2n) is 5.77. The maximum Gasteiger partial charge on any atom is 0.233 e. The first-order valence-corrected chi connectivity index (χ1v) is 8.70. The van der Waals surface area contributed by atoms with Crippen molar-refractivity contribution >= 4 is 17.7 Å². The molecule has 0 radical (unpaired) electrons. The molecule has 0 aliphatic heterocycles. The fourth-order valence-corrected chi connectivity index (χ4v) is 3.43. The molecule has 5 heteroatoms. The van der Waals surface area contributed by atoms with Crippen molar-refractivity contribution in [2.24, 2.45) is 0 Å². The molecule has 1 amide bonds. The van der Waals surface area contributed by atoms with Crippen LogP contribution in [0.25, 0.3) is 0 Å². The van der Waals surface area contributed by atoms with Gasteiger partial charge in [-0.05, 0) is 44.9 Å². The second-order valence-corrected chi connectivity index (χ2v) is 7.10. The van der Waals surface area contributed by atoms with Crippen molar-refractivity contribution in [3.63, 3.8) is 0 Å². The Labute approximate surface area is 147 Å². The summed E-state index contributed by atoms with van der Waals surface area (Å²) in [6.07, 6.45) is 0. The van der Waals surface area contributed by atoms with Crippen molar-refractivity contribution in [2.45, 2.75) is 44.0 Å². The van der Waals surface area contributed by atoms with Crippen molar-refractivity contribution in [3.05, 3.63) is 58.8 Å². The van der Waals surface area contributed by atoms with Crippen molar-refractivity contribution in [1.82, 2.24) is 10.3 Å². The van der Waals surface area contributed by atoms with Crippen LogP contribution < -0.4 is 5.32 Å². The standard InChI is InChI=1S/C19H21N3OS/c1-12-10-13(2)21-19(17(12)11-20)24-15(4)18(23)22-14(3)16-8-6-5-7-9-16/h5-10,14-15H,1-4H3,(H,22,23)/t14-,15-/m0/s1. The molecule has 1 aromatic carbocycles. The van der Waals surface area contributed by atoms with Crippen molar-refractivity contribution < 1.29 is 4.79 Å². The number of aromatic nitrogens is 1. The smallest absolute Gasteiger partial charge is 0.233 e. The van der Waals surface area contributed by atoms with Gasteiger partial charge >= 0.3 is 0 Å². The number of thioether (sulfide) groups is 1. The second kappa shape index (κ2) is 7.98. The zero-order valence-corrected chi connectivity index (χ0v) is 15.1. The summed E-state index contributed by atoms with van der Waals surface area (Å²) in [5.74, 6) is -0.0683. The number of amides is 1. The molecule has 124 valence electrons. The molecule has 0 unspecified atom stereocenters. The van der Waals surface area contributed by atoms with E-state index in [2.05, 4.69) is 16.4 Å². The van der Waals surface area contributed by atoms with Gasteiger partial charge in [-0.25, -0.2) is 4.98 Å². The lowest BCUT2D eigenvalue weighted by atomic mass is 10.1. The number of rotatable bonds is 5. The monoisotopic (exact) mass is 339 g/mol. The first-order chi connectivity index (χ1) is 11.4. The molecule has 0 aliphatic rings. The zero-order valence-electron chi connectivity index (χ0n) is 14.3. The summed E-state index contributed by atoms with van der Waals surface area (Å²) >= 11 is 1.32. The number of carbonyl (C=O) groups is 1. The summed E-state index contributed by atoms with van der Waals surface area (Å²) < 4.78 is 0. The minimum atomic E-state index is -0.336. The highest BCUT2D eigenvalue weighted by Gasteiger charge is 2.20.